The van der Waals surface area contributed by atoms with Gasteiger partial charge in [-0.25, -0.2) is 4.39 Å². The summed E-state index contributed by atoms with van der Waals surface area (Å²) < 4.78 is 13.0. The molecule has 9 nitrogen and oxygen atoms in total. The normalized spacial score (nSPS) is 16.5. The number of aromatic nitrogens is 3. The highest BCUT2D eigenvalue weighted by atomic mass is 19.1. The van der Waals surface area contributed by atoms with E-state index in [4.69, 9.17) is 0 Å². The summed E-state index contributed by atoms with van der Waals surface area (Å²) in [6, 6.07) is 9.64. The van der Waals surface area contributed by atoms with E-state index in [0.717, 1.165) is 0 Å². The molecule has 1 aliphatic rings. The summed E-state index contributed by atoms with van der Waals surface area (Å²) in [7, 11) is 0. The molecule has 2 aromatic carbocycles. The Kier molecular flexibility index (Phi) is 4.90. The topological polar surface area (TPSA) is 120 Å². The van der Waals surface area contributed by atoms with E-state index in [9.17, 15) is 18.8 Å². The van der Waals surface area contributed by atoms with Crippen LogP contribution in [-0.2, 0) is 16.1 Å². The van der Waals surface area contributed by atoms with Crippen molar-refractivity contribution in [2.45, 2.75) is 12.6 Å². The van der Waals surface area contributed by atoms with Gasteiger partial charge in [0.1, 0.15) is 29.4 Å². The third-order valence-corrected chi connectivity index (χ3v) is 4.69. The molecule has 0 spiro atoms. The average Bonchev–Trinajstić information content (AvgIpc) is 3.20. The molecule has 0 bridgehead atoms. The van der Waals surface area contributed by atoms with Gasteiger partial charge in [0.15, 0.2) is 0 Å². The lowest BCUT2D eigenvalue weighted by molar-refractivity contribution is -0.131. The first kappa shape index (κ1) is 18.5. The Bertz CT molecular complexity index is 1080. The van der Waals surface area contributed by atoms with Crippen molar-refractivity contribution >= 4 is 28.8 Å². The largest absolute Gasteiger partial charge is 0.352 e. The molecule has 1 fully saturated rings. The van der Waals surface area contributed by atoms with Crippen LogP contribution in [0.2, 0.25) is 0 Å². The Balaban J connectivity index is 1.51. The summed E-state index contributed by atoms with van der Waals surface area (Å²) in [4.78, 5) is 38.8. The molecule has 0 aliphatic carbocycles. The lowest BCUT2D eigenvalue weighted by Crippen LogP contribution is -2.61. The van der Waals surface area contributed by atoms with Crippen molar-refractivity contribution < 1.29 is 18.8 Å². The minimum absolute atomic E-state index is 0.00598. The van der Waals surface area contributed by atoms with Gasteiger partial charge in [0.05, 0.1) is 0 Å². The van der Waals surface area contributed by atoms with E-state index < -0.39 is 17.9 Å². The van der Waals surface area contributed by atoms with Crippen molar-refractivity contribution in [3.05, 3.63) is 59.4 Å². The second-order valence-electron chi connectivity index (χ2n) is 6.62. The van der Waals surface area contributed by atoms with Crippen LogP contribution in [0.4, 0.5) is 4.39 Å². The van der Waals surface area contributed by atoms with Gasteiger partial charge in [-0.2, -0.15) is 15.4 Å². The molecule has 3 amide bonds. The van der Waals surface area contributed by atoms with Gasteiger partial charge >= 0.3 is 0 Å². The van der Waals surface area contributed by atoms with Crippen LogP contribution in [0.5, 0.6) is 0 Å². The number of hydrogen-bond acceptors (Lipinski definition) is 5. The lowest BCUT2D eigenvalue weighted by atomic mass is 10.1. The van der Waals surface area contributed by atoms with E-state index in [2.05, 4.69) is 26.0 Å². The molecule has 3 aromatic rings. The smallest absolute Gasteiger partial charge is 0.255 e. The maximum absolute atomic E-state index is 13.0. The first-order valence-corrected chi connectivity index (χ1v) is 8.91. The fourth-order valence-corrected chi connectivity index (χ4v) is 3.14. The standard InChI is InChI=1S/C19H17FN6O3/c20-13-4-1-11(2-5-13)8-22-18(28)16-9-21-17(27)10-26(16)19(29)12-3-6-14-15(7-12)24-25-23-14/h1-7,16H,8-10H2,(H,21,27)(H,22,28)(H,23,24,25). The third-order valence-electron chi connectivity index (χ3n) is 4.69. The molecule has 1 aromatic heterocycles. The molecule has 4 rings (SSSR count). The Morgan fingerprint density at radius 2 is 1.90 bits per heavy atom. The number of aromatic amines is 1. The number of amides is 3. The minimum atomic E-state index is -0.867. The van der Waals surface area contributed by atoms with E-state index in [1.165, 1.54) is 17.0 Å². The van der Waals surface area contributed by atoms with Crippen LogP contribution < -0.4 is 10.6 Å². The molecule has 0 radical (unpaired) electrons. The summed E-state index contributed by atoms with van der Waals surface area (Å²) in [5.41, 5.74) is 2.13. The highest BCUT2D eigenvalue weighted by Gasteiger charge is 2.35. The Morgan fingerprint density at radius 3 is 2.69 bits per heavy atom. The van der Waals surface area contributed by atoms with Crippen LogP contribution in [0.3, 0.4) is 0 Å². The van der Waals surface area contributed by atoms with Gasteiger partial charge in [0.25, 0.3) is 5.91 Å². The number of piperazine rings is 1. The Labute approximate surface area is 164 Å². The highest BCUT2D eigenvalue weighted by Crippen LogP contribution is 2.16. The molecule has 10 heteroatoms. The predicted molar refractivity (Wildman–Crippen MR) is 100.0 cm³/mol. The summed E-state index contributed by atoms with van der Waals surface area (Å²) in [5.74, 6) is -1.57. The van der Waals surface area contributed by atoms with Gasteiger partial charge in [-0.05, 0) is 35.9 Å². The van der Waals surface area contributed by atoms with Crippen LogP contribution in [0, 0.1) is 5.82 Å². The molecule has 1 saturated heterocycles. The van der Waals surface area contributed by atoms with Gasteiger partial charge in [-0.3, -0.25) is 14.4 Å². The van der Waals surface area contributed by atoms with Crippen molar-refractivity contribution in [3.63, 3.8) is 0 Å². The number of H-pyrrole nitrogens is 1. The fourth-order valence-electron chi connectivity index (χ4n) is 3.14. The molecule has 3 N–H and O–H groups in total. The van der Waals surface area contributed by atoms with Crippen molar-refractivity contribution in [2.24, 2.45) is 0 Å². The van der Waals surface area contributed by atoms with Crippen molar-refractivity contribution in [1.82, 2.24) is 30.9 Å². The number of carbonyl (C=O) groups is 3. The second kappa shape index (κ2) is 7.66. The van der Waals surface area contributed by atoms with Crippen LogP contribution in [0.1, 0.15) is 15.9 Å². The van der Waals surface area contributed by atoms with Crippen LogP contribution in [0.25, 0.3) is 11.0 Å². The van der Waals surface area contributed by atoms with Gasteiger partial charge in [0, 0.05) is 18.7 Å². The third kappa shape index (κ3) is 3.91. The molecule has 29 heavy (non-hydrogen) atoms. The minimum Gasteiger partial charge on any atom is -0.352 e. The van der Waals surface area contributed by atoms with Crippen LogP contribution >= 0.6 is 0 Å². The Hall–Kier alpha value is -3.82. The van der Waals surface area contributed by atoms with E-state index in [0.29, 0.717) is 22.2 Å². The molecular weight excluding hydrogens is 379 g/mol. The SMILES string of the molecule is O=C1CN(C(=O)c2ccc3n[nH]nc3c2)C(C(=O)NCc2ccc(F)cc2)CN1. The van der Waals surface area contributed by atoms with Gasteiger partial charge in [0.2, 0.25) is 11.8 Å². The molecule has 1 aliphatic heterocycles. The first-order chi connectivity index (χ1) is 14.0. The number of halogens is 1. The fraction of sp³-hybridized carbons (Fsp3) is 0.211. The van der Waals surface area contributed by atoms with Gasteiger partial charge in [-0.15, -0.1) is 0 Å². The quantitative estimate of drug-likeness (QED) is 0.588. The van der Waals surface area contributed by atoms with Crippen molar-refractivity contribution in [3.8, 4) is 0 Å². The number of hydrogen-bond donors (Lipinski definition) is 3. The van der Waals surface area contributed by atoms with Gasteiger partial charge < -0.3 is 15.5 Å². The average molecular weight is 396 g/mol. The van der Waals surface area contributed by atoms with Crippen LogP contribution in [0.15, 0.2) is 42.5 Å². The number of carbonyl (C=O) groups excluding carboxylic acids is 3. The molecular formula is C19H17FN6O3. The summed E-state index contributed by atoms with van der Waals surface area (Å²) in [6.07, 6.45) is 0. The number of rotatable bonds is 4. The van der Waals surface area contributed by atoms with Gasteiger partial charge in [-0.1, -0.05) is 12.1 Å². The maximum Gasteiger partial charge on any atom is 0.255 e. The number of nitrogens with one attached hydrogen (secondary N) is 3. The van der Waals surface area contributed by atoms with E-state index >= 15 is 0 Å². The summed E-state index contributed by atoms with van der Waals surface area (Å²) >= 11 is 0. The first-order valence-electron chi connectivity index (χ1n) is 8.91. The zero-order valence-electron chi connectivity index (χ0n) is 15.2. The maximum atomic E-state index is 13.0. The van der Waals surface area contributed by atoms with E-state index in [-0.39, 0.29) is 31.4 Å². The summed E-state index contributed by atoms with van der Waals surface area (Å²) in [6.45, 7) is -0.0488. The van der Waals surface area contributed by atoms with E-state index in [1.807, 2.05) is 0 Å². The number of nitrogens with zero attached hydrogens (tertiary/aromatic N) is 3. The monoisotopic (exact) mass is 396 g/mol. The zero-order chi connectivity index (χ0) is 20.4. The highest BCUT2D eigenvalue weighted by molar-refractivity contribution is 6.02. The zero-order valence-corrected chi connectivity index (χ0v) is 15.2. The molecule has 1 atom stereocenters. The lowest BCUT2D eigenvalue weighted by Gasteiger charge is -2.34. The number of benzene rings is 2. The van der Waals surface area contributed by atoms with Crippen molar-refractivity contribution in [1.29, 1.82) is 0 Å². The van der Waals surface area contributed by atoms with E-state index in [1.54, 1.807) is 30.3 Å². The molecule has 2 heterocycles. The summed E-state index contributed by atoms with van der Waals surface area (Å²) in [5, 5.41) is 15.7. The predicted octanol–water partition coefficient (Wildman–Crippen LogP) is 0.354. The van der Waals surface area contributed by atoms with Crippen molar-refractivity contribution in [2.75, 3.05) is 13.1 Å². The molecule has 148 valence electrons. The molecule has 1 unspecified atom stereocenters. The molecule has 0 saturated carbocycles. The second-order valence-corrected chi connectivity index (χ2v) is 6.62. The Morgan fingerprint density at radius 1 is 1.14 bits per heavy atom. The number of fused-ring (bicyclic) bond motifs is 1. The van der Waals surface area contributed by atoms with Crippen LogP contribution in [-0.4, -0.2) is 57.2 Å².